The molecule has 0 aromatic rings. The first kappa shape index (κ1) is 24.5. The van der Waals surface area contributed by atoms with E-state index in [1.165, 1.54) is 25.7 Å². The van der Waals surface area contributed by atoms with Gasteiger partial charge in [-0.2, -0.15) is 0 Å². The largest absolute Gasteiger partial charge is 0.478 e. The molecule has 3 heteroatoms. The normalized spacial score (nSPS) is 42.8. The molecule has 0 amide bonds. The van der Waals surface area contributed by atoms with Crippen molar-refractivity contribution >= 4 is 11.8 Å². The molecule has 182 valence electrons. The second-order valence-electron chi connectivity index (χ2n) is 13.0. The van der Waals surface area contributed by atoms with Crippen LogP contribution in [0.5, 0.6) is 0 Å². The van der Waals surface area contributed by atoms with Gasteiger partial charge in [0.05, 0.1) is 0 Å². The minimum Gasteiger partial charge on any atom is -0.478 e. The van der Waals surface area contributed by atoms with E-state index in [0.717, 1.165) is 19.3 Å². The molecule has 4 aliphatic carbocycles. The fourth-order valence-corrected chi connectivity index (χ4v) is 8.84. The summed E-state index contributed by atoms with van der Waals surface area (Å²) in [4.78, 5) is 23.8. The highest BCUT2D eigenvalue weighted by Gasteiger charge is 2.64. The van der Waals surface area contributed by atoms with Crippen molar-refractivity contribution in [1.82, 2.24) is 0 Å². The summed E-state index contributed by atoms with van der Waals surface area (Å²) >= 11 is 0. The first-order valence-corrected chi connectivity index (χ1v) is 13.1. The number of carbonyl (C=O) groups is 2. The lowest BCUT2D eigenvalue weighted by molar-refractivity contribution is -0.132. The van der Waals surface area contributed by atoms with Crippen LogP contribution < -0.4 is 0 Å². The summed E-state index contributed by atoms with van der Waals surface area (Å²) in [5, 5.41) is 9.15. The zero-order valence-electron chi connectivity index (χ0n) is 21.8. The van der Waals surface area contributed by atoms with Crippen LogP contribution in [0.3, 0.4) is 0 Å². The van der Waals surface area contributed by atoms with Gasteiger partial charge in [-0.1, -0.05) is 65.3 Å². The molecule has 4 rings (SSSR count). The third kappa shape index (κ3) is 3.43. The van der Waals surface area contributed by atoms with Crippen molar-refractivity contribution in [2.24, 2.45) is 45.3 Å². The van der Waals surface area contributed by atoms with Crippen molar-refractivity contribution in [1.29, 1.82) is 0 Å². The van der Waals surface area contributed by atoms with Gasteiger partial charge in [0.15, 0.2) is 5.78 Å². The lowest BCUT2D eigenvalue weighted by Gasteiger charge is -2.62. The molecule has 0 unspecified atom stereocenters. The van der Waals surface area contributed by atoms with Gasteiger partial charge in [0.1, 0.15) is 0 Å². The highest BCUT2D eigenvalue weighted by atomic mass is 16.4. The second-order valence-corrected chi connectivity index (χ2v) is 13.0. The number of hydrogen-bond acceptors (Lipinski definition) is 2. The number of ketones is 1. The van der Waals surface area contributed by atoms with Crippen LogP contribution in [0.2, 0.25) is 0 Å². The van der Waals surface area contributed by atoms with Gasteiger partial charge >= 0.3 is 5.97 Å². The minimum atomic E-state index is -0.806. The SMILES string of the molecule is C/C(=C/CC[C@H](C)[C@@H]1CC[C@]2(C)C3=CC[C@H]4C(C)(C)C(=O)C=C[C@]4(C)[C@@H]3CC[C@@]12C)C(=O)O. The van der Waals surface area contributed by atoms with Crippen molar-refractivity contribution in [2.45, 2.75) is 93.4 Å². The number of rotatable bonds is 5. The molecule has 4 aliphatic rings. The molecular formula is C30H44O3. The Morgan fingerprint density at radius 3 is 2.55 bits per heavy atom. The van der Waals surface area contributed by atoms with Crippen LogP contribution in [0, 0.1) is 45.3 Å². The van der Waals surface area contributed by atoms with E-state index < -0.39 is 5.97 Å². The standard InChI is InChI=1S/C30H44O3/c1-19(9-8-10-20(2)26(32)33)21-13-17-30(7)23-11-12-24-27(3,4)25(31)15-16-28(24,5)22(23)14-18-29(21,30)6/h10-11,15-16,19,21-22,24H,8-9,12-14,17-18H2,1-7H3,(H,32,33)/b20-10-/t19-,21-,22+,24-,28+,29-,30+/m0/s1. The molecule has 3 nitrogen and oxygen atoms in total. The molecule has 2 saturated carbocycles. The number of hydrogen-bond donors (Lipinski definition) is 1. The van der Waals surface area contributed by atoms with E-state index in [2.05, 4.69) is 53.7 Å². The highest BCUT2D eigenvalue weighted by molar-refractivity contribution is 5.95. The smallest absolute Gasteiger partial charge is 0.330 e. The van der Waals surface area contributed by atoms with Crippen LogP contribution in [0.15, 0.2) is 35.5 Å². The number of carboxylic acids is 1. The summed E-state index contributed by atoms with van der Waals surface area (Å²) in [6, 6.07) is 0. The van der Waals surface area contributed by atoms with Crippen LogP contribution in [-0.4, -0.2) is 16.9 Å². The van der Waals surface area contributed by atoms with Gasteiger partial charge in [-0.15, -0.1) is 0 Å². The molecule has 0 aromatic carbocycles. The molecule has 0 aromatic heterocycles. The van der Waals surface area contributed by atoms with E-state index >= 15 is 0 Å². The number of carbonyl (C=O) groups excluding carboxylic acids is 1. The molecule has 0 radical (unpaired) electrons. The summed E-state index contributed by atoms with van der Waals surface area (Å²) in [5.41, 5.74) is 2.42. The van der Waals surface area contributed by atoms with Crippen molar-refractivity contribution in [3.63, 3.8) is 0 Å². The molecule has 7 atom stereocenters. The molecule has 2 fully saturated rings. The van der Waals surface area contributed by atoms with Crippen LogP contribution >= 0.6 is 0 Å². The Labute approximate surface area is 200 Å². The Hall–Kier alpha value is -1.64. The quantitative estimate of drug-likeness (QED) is 0.349. The predicted octanol–water partition coefficient (Wildman–Crippen LogP) is 7.38. The summed E-state index contributed by atoms with van der Waals surface area (Å²) in [7, 11) is 0. The van der Waals surface area contributed by atoms with E-state index in [0.29, 0.717) is 29.2 Å². The van der Waals surface area contributed by atoms with Crippen molar-refractivity contribution in [2.75, 3.05) is 0 Å². The predicted molar refractivity (Wildman–Crippen MR) is 134 cm³/mol. The van der Waals surface area contributed by atoms with Gasteiger partial charge in [0.2, 0.25) is 0 Å². The van der Waals surface area contributed by atoms with Crippen LogP contribution in [-0.2, 0) is 9.59 Å². The number of carboxylic acid groups (broad SMARTS) is 1. The summed E-state index contributed by atoms with van der Waals surface area (Å²) < 4.78 is 0. The van der Waals surface area contributed by atoms with Gasteiger partial charge in [-0.3, -0.25) is 4.79 Å². The molecule has 0 spiro atoms. The molecule has 0 aliphatic heterocycles. The zero-order valence-corrected chi connectivity index (χ0v) is 21.8. The van der Waals surface area contributed by atoms with Crippen LogP contribution in [0.25, 0.3) is 0 Å². The monoisotopic (exact) mass is 452 g/mol. The minimum absolute atomic E-state index is 0.0642. The average molecular weight is 453 g/mol. The van der Waals surface area contributed by atoms with Crippen molar-refractivity contribution in [3.05, 3.63) is 35.5 Å². The van der Waals surface area contributed by atoms with Crippen LogP contribution in [0.4, 0.5) is 0 Å². The fourth-order valence-electron chi connectivity index (χ4n) is 8.84. The molecule has 1 N–H and O–H groups in total. The number of allylic oxidation sites excluding steroid dienone is 5. The third-order valence-electron chi connectivity index (χ3n) is 11.3. The maximum Gasteiger partial charge on any atom is 0.330 e. The van der Waals surface area contributed by atoms with Crippen molar-refractivity contribution in [3.8, 4) is 0 Å². The zero-order chi connectivity index (χ0) is 24.4. The lowest BCUT2D eigenvalue weighted by Crippen LogP contribution is -2.55. The average Bonchev–Trinajstić information content (AvgIpc) is 3.02. The van der Waals surface area contributed by atoms with E-state index in [1.807, 2.05) is 12.2 Å². The topological polar surface area (TPSA) is 54.4 Å². The first-order chi connectivity index (χ1) is 15.3. The first-order valence-electron chi connectivity index (χ1n) is 13.1. The van der Waals surface area contributed by atoms with E-state index in [9.17, 15) is 9.59 Å². The Kier molecular flexibility index (Phi) is 5.90. The summed E-state index contributed by atoms with van der Waals surface area (Å²) in [5.74, 6) is 1.66. The van der Waals surface area contributed by atoms with Crippen molar-refractivity contribution < 1.29 is 14.7 Å². The Morgan fingerprint density at radius 2 is 1.88 bits per heavy atom. The molecular weight excluding hydrogens is 408 g/mol. The summed E-state index contributed by atoms with van der Waals surface area (Å²) in [6.45, 7) is 15.9. The van der Waals surface area contributed by atoms with Gasteiger partial charge in [0.25, 0.3) is 0 Å². The highest BCUT2D eigenvalue weighted by Crippen LogP contribution is 2.72. The van der Waals surface area contributed by atoms with Crippen LogP contribution in [0.1, 0.15) is 93.4 Å². The maximum atomic E-state index is 12.7. The van der Waals surface area contributed by atoms with Gasteiger partial charge in [-0.05, 0) is 97.9 Å². The second kappa shape index (κ2) is 7.95. The lowest BCUT2D eigenvalue weighted by atomic mass is 9.42. The van der Waals surface area contributed by atoms with Gasteiger partial charge in [0, 0.05) is 11.0 Å². The van der Waals surface area contributed by atoms with E-state index in [1.54, 1.807) is 12.5 Å². The van der Waals surface area contributed by atoms with E-state index in [-0.39, 0.29) is 27.4 Å². The van der Waals surface area contributed by atoms with Gasteiger partial charge < -0.3 is 5.11 Å². The van der Waals surface area contributed by atoms with E-state index in [4.69, 9.17) is 5.11 Å². The van der Waals surface area contributed by atoms with Gasteiger partial charge in [-0.25, -0.2) is 4.79 Å². The maximum absolute atomic E-state index is 12.7. The Balaban J connectivity index is 1.60. The number of fused-ring (bicyclic) bond motifs is 5. The Bertz CT molecular complexity index is 936. The molecule has 0 heterocycles. The molecule has 0 bridgehead atoms. The third-order valence-corrected chi connectivity index (χ3v) is 11.3. The fraction of sp³-hybridized carbons (Fsp3) is 0.733. The molecule has 33 heavy (non-hydrogen) atoms. The number of aliphatic carboxylic acids is 1. The Morgan fingerprint density at radius 1 is 1.18 bits per heavy atom. The molecule has 0 saturated heterocycles. The summed E-state index contributed by atoms with van der Waals surface area (Å²) in [6.07, 6.45) is 16.5.